The molecule has 5 aromatic rings. The van der Waals surface area contributed by atoms with Crippen molar-refractivity contribution >= 4 is 39.8 Å². The molecule has 0 radical (unpaired) electrons. The van der Waals surface area contributed by atoms with Crippen molar-refractivity contribution in [1.29, 1.82) is 0 Å². The van der Waals surface area contributed by atoms with Crippen molar-refractivity contribution in [2.45, 2.75) is 25.0 Å². The van der Waals surface area contributed by atoms with E-state index in [4.69, 9.17) is 19.9 Å². The summed E-state index contributed by atoms with van der Waals surface area (Å²) in [5.41, 5.74) is 8.20. The molecule has 2 amide bonds. The van der Waals surface area contributed by atoms with Crippen molar-refractivity contribution in [3.8, 4) is 11.5 Å². The summed E-state index contributed by atoms with van der Waals surface area (Å²) in [4.78, 5) is 26.1. The number of ether oxygens (including phenoxy) is 3. The first kappa shape index (κ1) is 32.6. The molecule has 0 aliphatic heterocycles. The topological polar surface area (TPSA) is 132 Å². The normalized spacial score (nSPS) is 12.3. The number of hydrogen-bond acceptors (Lipinski definition) is 7. The zero-order valence-corrected chi connectivity index (χ0v) is 25.8. The molecule has 0 saturated carbocycles. The third kappa shape index (κ3) is 9.35. The summed E-state index contributed by atoms with van der Waals surface area (Å²) in [6.45, 7) is -0.0317. The quantitative estimate of drug-likeness (QED) is 0.0737. The van der Waals surface area contributed by atoms with Gasteiger partial charge in [-0.15, -0.1) is 0 Å². The van der Waals surface area contributed by atoms with E-state index < -0.39 is 18.3 Å². The van der Waals surface area contributed by atoms with Crippen LogP contribution >= 0.6 is 0 Å². The Morgan fingerprint density at radius 1 is 0.787 bits per heavy atom. The molecule has 2 atom stereocenters. The van der Waals surface area contributed by atoms with Crippen LogP contribution in [0.15, 0.2) is 133 Å². The average Bonchev–Trinajstić information content (AvgIpc) is 3.09. The van der Waals surface area contributed by atoms with Crippen LogP contribution in [0.3, 0.4) is 0 Å². The molecule has 0 heterocycles. The molecular formula is C38H37N3O6. The third-order valence-electron chi connectivity index (χ3n) is 7.28. The lowest BCUT2D eigenvalue weighted by molar-refractivity contribution is -0.111. The highest BCUT2D eigenvalue weighted by Crippen LogP contribution is 2.32. The predicted octanol–water partition coefficient (Wildman–Crippen LogP) is 7.51. The monoisotopic (exact) mass is 631 g/mol. The third-order valence-corrected chi connectivity index (χ3v) is 7.28. The van der Waals surface area contributed by atoms with E-state index in [1.807, 2.05) is 78.9 Å². The number of carbonyl (C=O) groups excluding carboxylic acids is 2. The number of benzene rings is 5. The van der Waals surface area contributed by atoms with Gasteiger partial charge < -0.3 is 30.4 Å². The molecule has 5 aromatic carbocycles. The van der Waals surface area contributed by atoms with Gasteiger partial charge in [-0.2, -0.15) is 0 Å². The summed E-state index contributed by atoms with van der Waals surface area (Å²) in [5.74, 6) is 0.781. The molecule has 0 aliphatic carbocycles. The number of aliphatic hydroxyl groups excluding tert-OH is 1. The standard InChI is InChI=1S/C38H37N3O6/c39-32-19-6-7-20-34(32)40-36(43)23-9-8-22-35(46-29-15-2-1-3-16-29)37(28-14-10-17-30(26-28)45-25-24-42)47-38(44)41-33-21-11-13-27-12-4-5-18-31(27)33/h1-7,9-21,23,26,35,37,42H,8,22,24-25,39H2,(H,40,43)(H,41,44)/b23-9+/t35-,37-/m0/s1. The van der Waals surface area contributed by atoms with Crippen LogP contribution in [0.5, 0.6) is 11.5 Å². The molecule has 0 aromatic heterocycles. The molecule has 9 nitrogen and oxygen atoms in total. The smallest absolute Gasteiger partial charge is 0.412 e. The fourth-order valence-electron chi connectivity index (χ4n) is 5.07. The van der Waals surface area contributed by atoms with Crippen molar-refractivity contribution < 1.29 is 28.9 Å². The molecule has 0 unspecified atom stereocenters. The zero-order valence-electron chi connectivity index (χ0n) is 25.8. The molecule has 9 heteroatoms. The van der Waals surface area contributed by atoms with Gasteiger partial charge in [-0.05, 0) is 72.3 Å². The number of nitrogens with two attached hydrogens (primary N) is 1. The molecule has 0 fully saturated rings. The van der Waals surface area contributed by atoms with Crippen LogP contribution in [0, 0.1) is 0 Å². The summed E-state index contributed by atoms with van der Waals surface area (Å²) < 4.78 is 18.3. The number of fused-ring (bicyclic) bond motifs is 1. The fourth-order valence-corrected chi connectivity index (χ4v) is 5.07. The Morgan fingerprint density at radius 3 is 2.32 bits per heavy atom. The lowest BCUT2D eigenvalue weighted by atomic mass is 9.99. The first-order valence-corrected chi connectivity index (χ1v) is 15.3. The maximum atomic E-state index is 13.5. The van der Waals surface area contributed by atoms with E-state index in [0.717, 1.165) is 10.8 Å². The van der Waals surface area contributed by atoms with Crippen LogP contribution in [0.1, 0.15) is 24.5 Å². The number of nitrogen functional groups attached to an aromatic ring is 1. The molecule has 0 saturated heterocycles. The minimum Gasteiger partial charge on any atom is -0.491 e. The van der Waals surface area contributed by atoms with Gasteiger partial charge >= 0.3 is 6.09 Å². The van der Waals surface area contributed by atoms with Crippen molar-refractivity contribution in [2.24, 2.45) is 0 Å². The van der Waals surface area contributed by atoms with Gasteiger partial charge in [-0.1, -0.05) is 84.9 Å². The highest BCUT2D eigenvalue weighted by molar-refractivity contribution is 6.01. The summed E-state index contributed by atoms with van der Waals surface area (Å²) in [5, 5.41) is 16.8. The van der Waals surface area contributed by atoms with Gasteiger partial charge in [-0.25, -0.2) is 4.79 Å². The van der Waals surface area contributed by atoms with Crippen LogP contribution in [0.4, 0.5) is 21.9 Å². The van der Waals surface area contributed by atoms with Crippen molar-refractivity contribution in [2.75, 3.05) is 29.6 Å². The second kappa shape index (κ2) is 16.5. The highest BCUT2D eigenvalue weighted by Gasteiger charge is 2.29. The molecule has 5 rings (SSSR count). The van der Waals surface area contributed by atoms with Crippen molar-refractivity contribution in [3.05, 3.63) is 139 Å². The second-order valence-corrected chi connectivity index (χ2v) is 10.6. The SMILES string of the molecule is Nc1ccccc1NC(=O)/C=C/CC[C@H](Oc1ccccc1)[C@@H](OC(=O)Nc1cccc2ccccc12)c1cccc(OCCO)c1. The zero-order chi connectivity index (χ0) is 32.8. The van der Waals surface area contributed by atoms with E-state index >= 15 is 0 Å². The Bertz CT molecular complexity index is 1810. The van der Waals surface area contributed by atoms with E-state index in [1.54, 1.807) is 48.5 Å². The molecule has 47 heavy (non-hydrogen) atoms. The molecule has 0 aliphatic rings. The van der Waals surface area contributed by atoms with Crippen LogP contribution in [-0.2, 0) is 9.53 Å². The lowest BCUT2D eigenvalue weighted by Gasteiger charge is -2.28. The van der Waals surface area contributed by atoms with Crippen LogP contribution in [-0.4, -0.2) is 36.4 Å². The first-order chi connectivity index (χ1) is 23.0. The van der Waals surface area contributed by atoms with E-state index in [9.17, 15) is 14.7 Å². The molecule has 240 valence electrons. The number of carbonyl (C=O) groups is 2. The maximum absolute atomic E-state index is 13.5. The number of rotatable bonds is 14. The van der Waals surface area contributed by atoms with Gasteiger partial charge in [0.2, 0.25) is 5.91 Å². The number of aliphatic hydroxyl groups is 1. The molecular weight excluding hydrogens is 594 g/mol. The minimum absolute atomic E-state index is 0.113. The number of amides is 2. The molecule has 0 spiro atoms. The first-order valence-electron chi connectivity index (χ1n) is 15.3. The van der Waals surface area contributed by atoms with Gasteiger partial charge in [0.15, 0.2) is 6.10 Å². The maximum Gasteiger partial charge on any atom is 0.412 e. The van der Waals surface area contributed by atoms with Gasteiger partial charge in [0.05, 0.1) is 23.7 Å². The number of allylic oxidation sites excluding steroid dienone is 1. The number of nitrogens with one attached hydrogen (secondary N) is 2. The van der Waals surface area contributed by atoms with Crippen molar-refractivity contribution in [3.63, 3.8) is 0 Å². The van der Waals surface area contributed by atoms with Crippen LogP contribution in [0.2, 0.25) is 0 Å². The Kier molecular flexibility index (Phi) is 11.4. The van der Waals surface area contributed by atoms with Crippen molar-refractivity contribution in [1.82, 2.24) is 0 Å². The largest absolute Gasteiger partial charge is 0.491 e. The van der Waals surface area contributed by atoms with Crippen LogP contribution in [0.25, 0.3) is 10.8 Å². The highest BCUT2D eigenvalue weighted by atomic mass is 16.6. The van der Waals surface area contributed by atoms with Gasteiger partial charge in [0.1, 0.15) is 24.2 Å². The summed E-state index contributed by atoms with van der Waals surface area (Å²) in [6.07, 6.45) is 1.80. The predicted molar refractivity (Wildman–Crippen MR) is 185 cm³/mol. The molecule has 5 N–H and O–H groups in total. The Morgan fingerprint density at radius 2 is 1.49 bits per heavy atom. The minimum atomic E-state index is -0.880. The van der Waals surface area contributed by atoms with Gasteiger partial charge in [-0.3, -0.25) is 10.1 Å². The van der Waals surface area contributed by atoms with Gasteiger partial charge in [0.25, 0.3) is 0 Å². The Balaban J connectivity index is 1.40. The second-order valence-electron chi connectivity index (χ2n) is 10.6. The number of para-hydroxylation sites is 3. The number of anilines is 3. The lowest BCUT2D eigenvalue weighted by Crippen LogP contribution is -2.31. The fraction of sp³-hybridized carbons (Fsp3) is 0.158. The molecule has 0 bridgehead atoms. The Labute approximate surface area is 273 Å². The van der Waals surface area contributed by atoms with E-state index in [-0.39, 0.29) is 19.1 Å². The van der Waals surface area contributed by atoms with E-state index in [0.29, 0.717) is 47.0 Å². The Hall–Kier alpha value is -5.80. The summed E-state index contributed by atoms with van der Waals surface area (Å²) in [6, 6.07) is 36.8. The summed E-state index contributed by atoms with van der Waals surface area (Å²) in [7, 11) is 0. The van der Waals surface area contributed by atoms with Gasteiger partial charge in [0, 0.05) is 5.39 Å². The van der Waals surface area contributed by atoms with E-state index in [1.165, 1.54) is 6.08 Å². The summed E-state index contributed by atoms with van der Waals surface area (Å²) >= 11 is 0. The van der Waals surface area contributed by atoms with E-state index in [2.05, 4.69) is 10.6 Å². The van der Waals surface area contributed by atoms with Crippen LogP contribution < -0.4 is 25.8 Å². The number of hydrogen-bond donors (Lipinski definition) is 4. The average molecular weight is 632 g/mol.